The first-order valence-electron chi connectivity index (χ1n) is 9.72. The van der Waals surface area contributed by atoms with Crippen LogP contribution in [-0.4, -0.2) is 24.6 Å². The van der Waals surface area contributed by atoms with Gasteiger partial charge < -0.3 is 14.2 Å². The van der Waals surface area contributed by atoms with Crippen molar-refractivity contribution < 1.29 is 28.6 Å². The molecule has 4 amide bonds. The first kappa shape index (κ1) is 19.4. The van der Waals surface area contributed by atoms with E-state index in [2.05, 4.69) is 5.32 Å². The molecule has 2 heterocycles. The third kappa shape index (κ3) is 3.65. The van der Waals surface area contributed by atoms with Gasteiger partial charge in [-0.15, -0.1) is 0 Å². The molecular weight excluding hydrogens is 412 g/mol. The number of urea groups is 1. The van der Waals surface area contributed by atoms with Crippen LogP contribution < -0.4 is 24.4 Å². The van der Waals surface area contributed by atoms with Gasteiger partial charge in [0.25, 0.3) is 11.8 Å². The molecule has 1 saturated heterocycles. The van der Waals surface area contributed by atoms with Crippen LogP contribution in [0, 0.1) is 0 Å². The maximum atomic E-state index is 13.1. The second kappa shape index (κ2) is 7.92. The molecule has 5 rings (SSSR count). The Bertz CT molecular complexity index is 1270. The van der Waals surface area contributed by atoms with Crippen molar-refractivity contribution in [2.24, 2.45) is 0 Å². The summed E-state index contributed by atoms with van der Waals surface area (Å²) in [4.78, 5) is 38.8. The molecule has 0 radical (unpaired) electrons. The maximum absolute atomic E-state index is 13.1. The van der Waals surface area contributed by atoms with Crippen molar-refractivity contribution in [3.63, 3.8) is 0 Å². The molecule has 0 spiro atoms. The van der Waals surface area contributed by atoms with Crippen molar-refractivity contribution in [2.75, 3.05) is 11.7 Å². The van der Waals surface area contributed by atoms with E-state index in [0.717, 1.165) is 4.90 Å². The lowest BCUT2D eigenvalue weighted by molar-refractivity contribution is -0.122. The number of amides is 4. The number of rotatable bonds is 4. The van der Waals surface area contributed by atoms with Gasteiger partial charge in [-0.25, -0.2) is 9.69 Å². The highest BCUT2D eigenvalue weighted by atomic mass is 16.7. The van der Waals surface area contributed by atoms with E-state index in [0.29, 0.717) is 28.6 Å². The molecule has 0 saturated carbocycles. The number of fused-ring (bicyclic) bond motifs is 1. The lowest BCUT2D eigenvalue weighted by atomic mass is 10.1. The smallest absolute Gasteiger partial charge is 0.335 e. The van der Waals surface area contributed by atoms with Gasteiger partial charge in [0.15, 0.2) is 11.5 Å². The van der Waals surface area contributed by atoms with Crippen LogP contribution in [0.5, 0.6) is 23.0 Å². The number of barbiturate groups is 1. The van der Waals surface area contributed by atoms with Crippen LogP contribution in [0.2, 0.25) is 0 Å². The van der Waals surface area contributed by atoms with Gasteiger partial charge in [0.2, 0.25) is 6.79 Å². The van der Waals surface area contributed by atoms with Crippen molar-refractivity contribution in [3.05, 3.63) is 83.9 Å². The molecule has 0 aliphatic carbocycles. The summed E-state index contributed by atoms with van der Waals surface area (Å²) in [5.41, 5.74) is 0.646. The molecule has 8 nitrogen and oxygen atoms in total. The van der Waals surface area contributed by atoms with Crippen LogP contribution in [0.25, 0.3) is 6.08 Å². The number of carbonyl (C=O) groups excluding carboxylic acids is 3. The average Bonchev–Trinajstić information content (AvgIpc) is 3.26. The van der Waals surface area contributed by atoms with Gasteiger partial charge in [-0.3, -0.25) is 14.9 Å². The molecule has 2 aliphatic rings. The summed E-state index contributed by atoms with van der Waals surface area (Å²) in [5.74, 6) is 0.608. The van der Waals surface area contributed by atoms with Gasteiger partial charge in [-0.1, -0.05) is 30.3 Å². The fourth-order valence-electron chi connectivity index (χ4n) is 3.38. The molecule has 32 heavy (non-hydrogen) atoms. The van der Waals surface area contributed by atoms with Crippen LogP contribution in [0.1, 0.15) is 5.56 Å². The molecule has 8 heteroatoms. The molecule has 2 aliphatic heterocycles. The molecule has 0 bridgehead atoms. The van der Waals surface area contributed by atoms with Gasteiger partial charge in [0.05, 0.1) is 5.69 Å². The van der Waals surface area contributed by atoms with Crippen LogP contribution in [0.3, 0.4) is 0 Å². The van der Waals surface area contributed by atoms with Gasteiger partial charge in [-0.05, 0) is 48.0 Å². The maximum Gasteiger partial charge on any atom is 0.335 e. The summed E-state index contributed by atoms with van der Waals surface area (Å²) in [6, 6.07) is 20.0. The minimum Gasteiger partial charge on any atom is -0.457 e. The molecule has 1 N–H and O–H groups in total. The molecule has 0 atom stereocenters. The van der Waals surface area contributed by atoms with Crippen molar-refractivity contribution in [1.29, 1.82) is 0 Å². The summed E-state index contributed by atoms with van der Waals surface area (Å²) < 4.78 is 16.4. The van der Waals surface area contributed by atoms with E-state index >= 15 is 0 Å². The lowest BCUT2D eigenvalue weighted by Gasteiger charge is -2.26. The van der Waals surface area contributed by atoms with E-state index in [-0.39, 0.29) is 18.1 Å². The summed E-state index contributed by atoms with van der Waals surface area (Å²) in [5, 5.41) is 2.21. The number of hydrogen-bond acceptors (Lipinski definition) is 6. The molecule has 1 fully saturated rings. The van der Waals surface area contributed by atoms with E-state index < -0.39 is 17.8 Å². The van der Waals surface area contributed by atoms with E-state index in [1.165, 1.54) is 12.1 Å². The standard InChI is InChI=1S/C24H16N2O6/c27-22-19(12-15-5-4-8-18(11-15)32-17-6-2-1-3-7-17)23(28)26(24(29)25-22)16-9-10-20-21(13-16)31-14-30-20/h1-13H,14H2,(H,25,27,29)/b19-12+. The van der Waals surface area contributed by atoms with Crippen molar-refractivity contribution in [1.82, 2.24) is 5.32 Å². The SMILES string of the molecule is O=C1NC(=O)N(c2ccc3c(c2)OCO3)C(=O)/C1=C/c1cccc(Oc2ccccc2)c1. The van der Waals surface area contributed by atoms with Gasteiger partial charge >= 0.3 is 6.03 Å². The Morgan fingerprint density at radius 1 is 0.844 bits per heavy atom. The fourth-order valence-corrected chi connectivity index (χ4v) is 3.38. The number of imide groups is 2. The predicted molar refractivity (Wildman–Crippen MR) is 115 cm³/mol. The number of hydrogen-bond donors (Lipinski definition) is 1. The summed E-state index contributed by atoms with van der Waals surface area (Å²) >= 11 is 0. The topological polar surface area (TPSA) is 94.2 Å². The zero-order valence-electron chi connectivity index (χ0n) is 16.6. The van der Waals surface area contributed by atoms with Crippen molar-refractivity contribution in [2.45, 2.75) is 0 Å². The summed E-state index contributed by atoms with van der Waals surface area (Å²) in [7, 11) is 0. The largest absolute Gasteiger partial charge is 0.457 e. The Balaban J connectivity index is 1.45. The second-order valence-electron chi connectivity index (χ2n) is 6.98. The monoisotopic (exact) mass is 428 g/mol. The summed E-state index contributed by atoms with van der Waals surface area (Å²) in [6.07, 6.45) is 1.42. The number of para-hydroxylation sites is 1. The number of nitrogens with one attached hydrogen (secondary N) is 1. The number of nitrogens with zero attached hydrogens (tertiary/aromatic N) is 1. The number of anilines is 1. The Kier molecular flexibility index (Phi) is 4.79. The molecule has 0 unspecified atom stereocenters. The van der Waals surface area contributed by atoms with Crippen LogP contribution in [0.15, 0.2) is 78.4 Å². The van der Waals surface area contributed by atoms with Crippen LogP contribution >= 0.6 is 0 Å². The first-order valence-corrected chi connectivity index (χ1v) is 9.72. The van der Waals surface area contributed by atoms with Gasteiger partial charge in [0, 0.05) is 6.07 Å². The predicted octanol–water partition coefficient (Wildman–Crippen LogP) is 3.87. The molecule has 3 aromatic rings. The Morgan fingerprint density at radius 2 is 1.62 bits per heavy atom. The average molecular weight is 428 g/mol. The van der Waals surface area contributed by atoms with Crippen molar-refractivity contribution in [3.8, 4) is 23.0 Å². The first-order chi connectivity index (χ1) is 15.6. The Hall–Kier alpha value is -4.59. The fraction of sp³-hybridized carbons (Fsp3) is 0.0417. The Labute approximate surface area is 182 Å². The molecule has 158 valence electrons. The zero-order chi connectivity index (χ0) is 22.1. The highest BCUT2D eigenvalue weighted by molar-refractivity contribution is 6.39. The highest BCUT2D eigenvalue weighted by Crippen LogP contribution is 2.36. The van der Waals surface area contributed by atoms with Crippen molar-refractivity contribution >= 4 is 29.6 Å². The highest BCUT2D eigenvalue weighted by Gasteiger charge is 2.37. The second-order valence-corrected chi connectivity index (χ2v) is 6.98. The van der Waals surface area contributed by atoms with E-state index in [9.17, 15) is 14.4 Å². The van der Waals surface area contributed by atoms with Gasteiger partial charge in [-0.2, -0.15) is 0 Å². The minimum atomic E-state index is -0.836. The molecular formula is C24H16N2O6. The third-order valence-corrected chi connectivity index (χ3v) is 4.86. The summed E-state index contributed by atoms with van der Waals surface area (Å²) in [6.45, 7) is 0.0595. The Morgan fingerprint density at radius 3 is 2.47 bits per heavy atom. The number of benzene rings is 3. The zero-order valence-corrected chi connectivity index (χ0v) is 16.6. The van der Waals surface area contributed by atoms with E-state index in [1.54, 1.807) is 36.4 Å². The van der Waals surface area contributed by atoms with Crippen LogP contribution in [-0.2, 0) is 9.59 Å². The van der Waals surface area contributed by atoms with Gasteiger partial charge in [0.1, 0.15) is 17.1 Å². The molecule has 3 aromatic carbocycles. The normalized spacial score (nSPS) is 16.3. The lowest BCUT2D eigenvalue weighted by Crippen LogP contribution is -2.54. The number of ether oxygens (including phenoxy) is 3. The molecule has 0 aromatic heterocycles. The minimum absolute atomic E-state index is 0.0595. The number of carbonyl (C=O) groups is 3. The van der Waals surface area contributed by atoms with E-state index in [1.807, 2.05) is 30.3 Å². The van der Waals surface area contributed by atoms with Crippen LogP contribution in [0.4, 0.5) is 10.5 Å². The van der Waals surface area contributed by atoms with E-state index in [4.69, 9.17) is 14.2 Å². The quantitative estimate of drug-likeness (QED) is 0.501. The third-order valence-electron chi connectivity index (χ3n) is 4.86.